The van der Waals surface area contributed by atoms with Crippen LogP contribution < -0.4 is 0 Å². The summed E-state index contributed by atoms with van der Waals surface area (Å²) in [5.74, 6) is -0.752. The molecule has 0 fully saturated rings. The molecule has 0 unspecified atom stereocenters. The Balaban J connectivity index is 2.38. The van der Waals surface area contributed by atoms with Crippen LogP contribution in [0.4, 0.5) is 0 Å². The summed E-state index contributed by atoms with van der Waals surface area (Å²) in [6.45, 7) is 0. The number of rotatable bonds is 2. The summed E-state index contributed by atoms with van der Waals surface area (Å²) < 4.78 is 0. The lowest BCUT2D eigenvalue weighted by atomic mass is 9.97. The second-order valence-electron chi connectivity index (χ2n) is 3.85. The van der Waals surface area contributed by atoms with E-state index in [-0.39, 0.29) is 6.42 Å². The van der Waals surface area contributed by atoms with Gasteiger partial charge in [0.05, 0.1) is 6.42 Å². The smallest absolute Gasteiger partial charge is 0.307 e. The summed E-state index contributed by atoms with van der Waals surface area (Å²) >= 11 is 0. The van der Waals surface area contributed by atoms with E-state index in [2.05, 4.69) is 12.1 Å². The largest absolute Gasteiger partial charge is 0.481 e. The van der Waals surface area contributed by atoms with Crippen LogP contribution in [0.3, 0.4) is 0 Å². The first-order valence-electron chi connectivity index (χ1n) is 5.26. The first kappa shape index (κ1) is 9.97. The topological polar surface area (TPSA) is 37.3 Å². The number of benzene rings is 1. The molecule has 78 valence electrons. The Kier molecular flexibility index (Phi) is 2.86. The maximum atomic E-state index is 10.7. The highest BCUT2D eigenvalue weighted by molar-refractivity contribution is 5.85. The van der Waals surface area contributed by atoms with Crippen molar-refractivity contribution in [3.8, 4) is 0 Å². The Hall–Kier alpha value is -1.57. The summed E-state index contributed by atoms with van der Waals surface area (Å²) in [4.78, 5) is 10.7. The van der Waals surface area contributed by atoms with Gasteiger partial charge in [-0.25, -0.2) is 0 Å². The number of aliphatic carboxylic acids is 1. The van der Waals surface area contributed by atoms with Crippen LogP contribution in [0.25, 0.3) is 5.57 Å². The Morgan fingerprint density at radius 3 is 2.93 bits per heavy atom. The van der Waals surface area contributed by atoms with Crippen LogP contribution in [0.1, 0.15) is 30.4 Å². The Morgan fingerprint density at radius 1 is 1.33 bits per heavy atom. The zero-order chi connectivity index (χ0) is 10.7. The zero-order valence-electron chi connectivity index (χ0n) is 8.57. The quantitative estimate of drug-likeness (QED) is 0.800. The fourth-order valence-electron chi connectivity index (χ4n) is 2.06. The van der Waals surface area contributed by atoms with Gasteiger partial charge in [0.25, 0.3) is 0 Å². The number of fused-ring (bicyclic) bond motifs is 1. The maximum Gasteiger partial charge on any atom is 0.307 e. The normalized spacial score (nSPS) is 15.1. The van der Waals surface area contributed by atoms with Gasteiger partial charge in [-0.1, -0.05) is 30.3 Å². The molecule has 0 spiro atoms. The van der Waals surface area contributed by atoms with Crippen molar-refractivity contribution < 1.29 is 9.90 Å². The summed E-state index contributed by atoms with van der Waals surface area (Å²) in [5, 5.41) is 8.84. The van der Waals surface area contributed by atoms with Crippen LogP contribution in [0.15, 0.2) is 30.3 Å². The van der Waals surface area contributed by atoms with Crippen LogP contribution in [0, 0.1) is 0 Å². The van der Waals surface area contributed by atoms with E-state index in [0.717, 1.165) is 30.4 Å². The molecule has 0 radical (unpaired) electrons. The highest BCUT2D eigenvalue weighted by Crippen LogP contribution is 2.27. The highest BCUT2D eigenvalue weighted by Gasteiger charge is 2.12. The number of hydrogen-bond donors (Lipinski definition) is 1. The van der Waals surface area contributed by atoms with E-state index >= 15 is 0 Å². The zero-order valence-corrected chi connectivity index (χ0v) is 8.57. The third-order valence-electron chi connectivity index (χ3n) is 2.75. The maximum absolute atomic E-state index is 10.7. The summed E-state index contributed by atoms with van der Waals surface area (Å²) in [5.41, 5.74) is 3.37. The second kappa shape index (κ2) is 4.30. The van der Waals surface area contributed by atoms with Gasteiger partial charge in [-0.15, -0.1) is 0 Å². The van der Waals surface area contributed by atoms with Gasteiger partial charge < -0.3 is 5.11 Å². The number of aryl methyl sites for hydroxylation is 1. The lowest BCUT2D eigenvalue weighted by Gasteiger charge is -2.08. The molecular weight excluding hydrogens is 188 g/mol. The van der Waals surface area contributed by atoms with Crippen molar-refractivity contribution in [3.63, 3.8) is 0 Å². The summed E-state index contributed by atoms with van der Waals surface area (Å²) in [6.07, 6.45) is 5.35. The molecule has 1 aromatic carbocycles. The van der Waals surface area contributed by atoms with Crippen molar-refractivity contribution in [2.45, 2.75) is 25.7 Å². The lowest BCUT2D eigenvalue weighted by molar-refractivity contribution is -0.135. The number of carboxylic acid groups (broad SMARTS) is 1. The van der Waals surface area contributed by atoms with Gasteiger partial charge >= 0.3 is 5.97 Å². The van der Waals surface area contributed by atoms with Crippen molar-refractivity contribution in [3.05, 3.63) is 41.5 Å². The van der Waals surface area contributed by atoms with Gasteiger partial charge in [0.1, 0.15) is 0 Å². The summed E-state index contributed by atoms with van der Waals surface area (Å²) in [6, 6.07) is 8.11. The number of hydrogen-bond acceptors (Lipinski definition) is 1. The first-order chi connectivity index (χ1) is 7.27. The molecule has 0 aliphatic heterocycles. The molecule has 1 aliphatic rings. The van der Waals surface area contributed by atoms with Crippen molar-refractivity contribution >= 4 is 11.5 Å². The van der Waals surface area contributed by atoms with Crippen molar-refractivity contribution in [1.29, 1.82) is 0 Å². The molecule has 15 heavy (non-hydrogen) atoms. The van der Waals surface area contributed by atoms with E-state index in [1.807, 2.05) is 18.2 Å². The fraction of sp³-hybridized carbons (Fsp3) is 0.308. The van der Waals surface area contributed by atoms with Crippen LogP contribution in [-0.2, 0) is 11.2 Å². The van der Waals surface area contributed by atoms with Gasteiger partial charge in [-0.2, -0.15) is 0 Å². The molecule has 0 atom stereocenters. The summed E-state index contributed by atoms with van der Waals surface area (Å²) in [7, 11) is 0. The molecule has 1 aromatic rings. The van der Waals surface area contributed by atoms with Crippen LogP contribution >= 0.6 is 0 Å². The lowest BCUT2D eigenvalue weighted by Crippen LogP contribution is -1.98. The molecule has 1 aliphatic carbocycles. The van der Waals surface area contributed by atoms with Gasteiger partial charge in [0.2, 0.25) is 0 Å². The van der Waals surface area contributed by atoms with Crippen molar-refractivity contribution in [2.24, 2.45) is 0 Å². The number of carboxylic acids is 1. The predicted octanol–water partition coefficient (Wildman–Crippen LogP) is 2.88. The third kappa shape index (κ3) is 2.27. The third-order valence-corrected chi connectivity index (χ3v) is 2.75. The van der Waals surface area contributed by atoms with Gasteiger partial charge in [-0.3, -0.25) is 4.79 Å². The fourth-order valence-corrected chi connectivity index (χ4v) is 2.06. The molecular formula is C13H14O2. The van der Waals surface area contributed by atoms with E-state index < -0.39 is 5.97 Å². The van der Waals surface area contributed by atoms with E-state index in [4.69, 9.17) is 5.11 Å². The Bertz CT molecular complexity index is 405. The van der Waals surface area contributed by atoms with Crippen molar-refractivity contribution in [2.75, 3.05) is 0 Å². The van der Waals surface area contributed by atoms with Gasteiger partial charge in [-0.05, 0) is 36.0 Å². The molecule has 2 rings (SSSR count). The highest BCUT2D eigenvalue weighted by atomic mass is 16.4. The predicted molar refractivity (Wildman–Crippen MR) is 59.6 cm³/mol. The van der Waals surface area contributed by atoms with Crippen molar-refractivity contribution in [1.82, 2.24) is 0 Å². The molecule has 0 saturated carbocycles. The van der Waals surface area contributed by atoms with Crippen LogP contribution in [0.5, 0.6) is 0 Å². The molecule has 0 amide bonds. The molecule has 0 saturated heterocycles. The molecule has 2 nitrogen and oxygen atoms in total. The molecule has 1 N–H and O–H groups in total. The minimum absolute atomic E-state index is 0.136. The molecule has 0 bridgehead atoms. The van der Waals surface area contributed by atoms with E-state index in [0.29, 0.717) is 0 Å². The Morgan fingerprint density at radius 2 is 2.13 bits per heavy atom. The minimum Gasteiger partial charge on any atom is -0.481 e. The minimum atomic E-state index is -0.752. The average molecular weight is 202 g/mol. The number of allylic oxidation sites excluding steroid dienone is 1. The molecule has 0 heterocycles. The monoisotopic (exact) mass is 202 g/mol. The second-order valence-corrected chi connectivity index (χ2v) is 3.85. The van der Waals surface area contributed by atoms with Gasteiger partial charge in [0.15, 0.2) is 0 Å². The van der Waals surface area contributed by atoms with Crippen LogP contribution in [0.2, 0.25) is 0 Å². The molecule has 0 aromatic heterocycles. The standard InChI is InChI=1S/C13H14O2/c14-13(15)9-11-7-2-1-5-10-6-3-4-8-12(10)11/h3-4,6-8H,1-2,5,9H2,(H,14,15). The molecule has 2 heteroatoms. The first-order valence-corrected chi connectivity index (χ1v) is 5.26. The average Bonchev–Trinajstić information content (AvgIpc) is 2.41. The van der Waals surface area contributed by atoms with Gasteiger partial charge in [0, 0.05) is 0 Å². The number of carbonyl (C=O) groups is 1. The van der Waals surface area contributed by atoms with E-state index in [1.165, 1.54) is 5.56 Å². The van der Waals surface area contributed by atoms with E-state index in [1.54, 1.807) is 0 Å². The SMILES string of the molecule is O=C(O)CC1=CCCCc2ccccc21. The Labute approximate surface area is 89.2 Å². The van der Waals surface area contributed by atoms with Crippen LogP contribution in [-0.4, -0.2) is 11.1 Å². The van der Waals surface area contributed by atoms with E-state index in [9.17, 15) is 4.79 Å².